The first-order valence-corrected chi connectivity index (χ1v) is 5.09. The van der Waals surface area contributed by atoms with E-state index in [4.69, 9.17) is 11.5 Å². The lowest BCUT2D eigenvalue weighted by atomic mass is 10.0. The summed E-state index contributed by atoms with van der Waals surface area (Å²) in [7, 11) is 0. The van der Waals surface area contributed by atoms with Crippen LogP contribution in [-0.2, 0) is 11.0 Å². The second-order valence-corrected chi connectivity index (χ2v) is 4.41. The van der Waals surface area contributed by atoms with E-state index < -0.39 is 23.2 Å². The highest BCUT2D eigenvalue weighted by atomic mass is 19.4. The summed E-state index contributed by atoms with van der Waals surface area (Å²) in [4.78, 5) is 11.1. The molecule has 7 heteroatoms. The average molecular weight is 261 g/mol. The number of anilines is 2. The van der Waals surface area contributed by atoms with Crippen molar-refractivity contribution in [3.8, 4) is 0 Å². The molecule has 4 nitrogen and oxygen atoms in total. The van der Waals surface area contributed by atoms with E-state index in [9.17, 15) is 18.0 Å². The van der Waals surface area contributed by atoms with Crippen molar-refractivity contribution in [3.63, 3.8) is 0 Å². The number of amides is 1. The number of rotatable bonds is 3. The average Bonchev–Trinajstić information content (AvgIpc) is 2.19. The molecular weight excluding hydrogens is 247 g/mol. The zero-order chi connectivity index (χ0) is 14.1. The molecule has 0 unspecified atom stereocenters. The molecule has 18 heavy (non-hydrogen) atoms. The second kappa shape index (κ2) is 4.40. The van der Waals surface area contributed by atoms with Crippen LogP contribution in [0.15, 0.2) is 18.2 Å². The fourth-order valence-electron chi connectivity index (χ4n) is 1.25. The fourth-order valence-corrected chi connectivity index (χ4v) is 1.25. The van der Waals surface area contributed by atoms with Crippen LogP contribution < -0.4 is 16.8 Å². The predicted octanol–water partition coefficient (Wildman–Crippen LogP) is 1.96. The van der Waals surface area contributed by atoms with Gasteiger partial charge in [-0.3, -0.25) is 4.79 Å². The summed E-state index contributed by atoms with van der Waals surface area (Å²) in [5.41, 5.74) is 8.84. The van der Waals surface area contributed by atoms with Crippen molar-refractivity contribution in [2.45, 2.75) is 25.6 Å². The summed E-state index contributed by atoms with van der Waals surface area (Å²) in [5.74, 6) is -0.637. The number of halogens is 3. The molecule has 0 saturated heterocycles. The molecule has 5 N–H and O–H groups in total. The zero-order valence-corrected chi connectivity index (χ0v) is 9.93. The molecule has 0 radical (unpaired) electrons. The van der Waals surface area contributed by atoms with Gasteiger partial charge in [0, 0.05) is 0 Å². The van der Waals surface area contributed by atoms with Crippen LogP contribution >= 0.6 is 0 Å². The Balaban J connectivity index is 3.04. The van der Waals surface area contributed by atoms with Gasteiger partial charge in [0.05, 0.1) is 16.9 Å². The molecule has 1 aromatic rings. The van der Waals surface area contributed by atoms with Crippen molar-refractivity contribution in [2.75, 3.05) is 11.1 Å². The van der Waals surface area contributed by atoms with Crippen molar-refractivity contribution in [1.82, 2.24) is 0 Å². The smallest absolute Gasteiger partial charge is 0.397 e. The Kier molecular flexibility index (Phi) is 3.45. The van der Waals surface area contributed by atoms with E-state index in [1.54, 1.807) is 0 Å². The van der Waals surface area contributed by atoms with Gasteiger partial charge in [-0.1, -0.05) is 0 Å². The largest absolute Gasteiger partial charge is 0.416 e. The zero-order valence-electron chi connectivity index (χ0n) is 9.93. The maximum atomic E-state index is 12.4. The molecule has 0 aromatic heterocycles. The van der Waals surface area contributed by atoms with Gasteiger partial charge in [0.2, 0.25) is 5.91 Å². The Morgan fingerprint density at radius 3 is 2.22 bits per heavy atom. The molecule has 0 atom stereocenters. The SMILES string of the molecule is CC(C)(Nc1ccc(C(F)(F)F)cc1N)C(N)=O. The Morgan fingerprint density at radius 2 is 1.83 bits per heavy atom. The van der Waals surface area contributed by atoms with E-state index >= 15 is 0 Å². The Labute approximate surface area is 102 Å². The molecule has 0 aliphatic carbocycles. The van der Waals surface area contributed by atoms with E-state index in [0.29, 0.717) is 0 Å². The quantitative estimate of drug-likeness (QED) is 0.727. The highest BCUT2D eigenvalue weighted by Crippen LogP contribution is 2.33. The highest BCUT2D eigenvalue weighted by Gasteiger charge is 2.31. The summed E-state index contributed by atoms with van der Waals surface area (Å²) in [6.45, 7) is 3.01. The molecule has 0 aliphatic rings. The summed E-state index contributed by atoms with van der Waals surface area (Å²) in [6, 6.07) is 2.86. The van der Waals surface area contributed by atoms with Crippen LogP contribution in [0.3, 0.4) is 0 Å². The molecule has 0 fully saturated rings. The van der Waals surface area contributed by atoms with Gasteiger partial charge in [-0.05, 0) is 32.0 Å². The molecular formula is C11H14F3N3O. The lowest BCUT2D eigenvalue weighted by Crippen LogP contribution is -2.45. The number of alkyl halides is 3. The Morgan fingerprint density at radius 1 is 1.28 bits per heavy atom. The molecule has 1 aromatic carbocycles. The minimum atomic E-state index is -4.45. The van der Waals surface area contributed by atoms with Crippen LogP contribution in [0.1, 0.15) is 19.4 Å². The van der Waals surface area contributed by atoms with Gasteiger partial charge in [0.25, 0.3) is 0 Å². The van der Waals surface area contributed by atoms with Gasteiger partial charge in [-0.2, -0.15) is 13.2 Å². The normalized spacial score (nSPS) is 12.3. The van der Waals surface area contributed by atoms with Gasteiger partial charge in [-0.15, -0.1) is 0 Å². The molecule has 0 bridgehead atoms. The third kappa shape index (κ3) is 3.06. The number of hydrogen-bond donors (Lipinski definition) is 3. The van der Waals surface area contributed by atoms with Crippen LogP contribution in [0.4, 0.5) is 24.5 Å². The first kappa shape index (κ1) is 14.1. The molecule has 0 saturated carbocycles. The summed E-state index contributed by atoms with van der Waals surface area (Å²) in [5, 5.41) is 2.70. The number of carbonyl (C=O) groups excluding carboxylic acids is 1. The maximum absolute atomic E-state index is 12.4. The third-order valence-corrected chi connectivity index (χ3v) is 2.44. The van der Waals surface area contributed by atoms with Crippen LogP contribution in [0, 0.1) is 0 Å². The monoisotopic (exact) mass is 261 g/mol. The minimum Gasteiger partial charge on any atom is -0.397 e. The van der Waals surface area contributed by atoms with E-state index in [0.717, 1.165) is 12.1 Å². The van der Waals surface area contributed by atoms with Crippen LogP contribution in [0.5, 0.6) is 0 Å². The summed E-state index contributed by atoms with van der Waals surface area (Å²) < 4.78 is 37.2. The van der Waals surface area contributed by atoms with Crippen LogP contribution in [0.2, 0.25) is 0 Å². The number of nitrogen functional groups attached to an aromatic ring is 1. The standard InChI is InChI=1S/C11H14F3N3O/c1-10(2,9(16)18)17-8-4-3-6(5-7(8)15)11(12,13)14/h3-5,17H,15H2,1-2H3,(H2,16,18). The van der Waals surface area contributed by atoms with E-state index in [1.165, 1.54) is 19.9 Å². The first-order valence-electron chi connectivity index (χ1n) is 5.09. The highest BCUT2D eigenvalue weighted by molar-refractivity contribution is 5.88. The maximum Gasteiger partial charge on any atom is 0.416 e. The third-order valence-electron chi connectivity index (χ3n) is 2.44. The number of primary amides is 1. The number of nitrogens with one attached hydrogen (secondary N) is 1. The Hall–Kier alpha value is -1.92. The van der Waals surface area contributed by atoms with E-state index in [1.807, 2.05) is 0 Å². The van der Waals surface area contributed by atoms with Crippen molar-refractivity contribution < 1.29 is 18.0 Å². The molecule has 0 aliphatic heterocycles. The first-order chi connectivity index (χ1) is 8.04. The van der Waals surface area contributed by atoms with Crippen LogP contribution in [-0.4, -0.2) is 11.4 Å². The topological polar surface area (TPSA) is 81.1 Å². The number of hydrogen-bond acceptors (Lipinski definition) is 3. The van der Waals surface area contributed by atoms with Crippen LogP contribution in [0.25, 0.3) is 0 Å². The molecule has 0 spiro atoms. The van der Waals surface area contributed by atoms with Gasteiger partial charge >= 0.3 is 6.18 Å². The predicted molar refractivity (Wildman–Crippen MR) is 62.8 cm³/mol. The van der Waals surface area contributed by atoms with Crippen molar-refractivity contribution >= 4 is 17.3 Å². The molecule has 1 rings (SSSR count). The number of carbonyl (C=O) groups is 1. The number of nitrogens with two attached hydrogens (primary N) is 2. The van der Waals surface area contributed by atoms with Gasteiger partial charge < -0.3 is 16.8 Å². The van der Waals surface area contributed by atoms with Crippen molar-refractivity contribution in [2.24, 2.45) is 5.73 Å². The molecule has 1 amide bonds. The molecule has 0 heterocycles. The van der Waals surface area contributed by atoms with Crippen molar-refractivity contribution in [3.05, 3.63) is 23.8 Å². The van der Waals surface area contributed by atoms with Gasteiger partial charge in [0.1, 0.15) is 5.54 Å². The minimum absolute atomic E-state index is 0.0980. The second-order valence-electron chi connectivity index (χ2n) is 4.41. The summed E-state index contributed by atoms with van der Waals surface area (Å²) in [6.07, 6.45) is -4.45. The number of benzene rings is 1. The van der Waals surface area contributed by atoms with E-state index in [2.05, 4.69) is 5.32 Å². The Bertz CT molecular complexity index is 469. The molecule has 100 valence electrons. The summed E-state index contributed by atoms with van der Waals surface area (Å²) >= 11 is 0. The fraction of sp³-hybridized carbons (Fsp3) is 0.364. The van der Waals surface area contributed by atoms with Gasteiger partial charge in [0.15, 0.2) is 0 Å². The van der Waals surface area contributed by atoms with Gasteiger partial charge in [-0.25, -0.2) is 0 Å². The lowest BCUT2D eigenvalue weighted by molar-refractivity contribution is -0.137. The van der Waals surface area contributed by atoms with E-state index in [-0.39, 0.29) is 11.4 Å². The lowest BCUT2D eigenvalue weighted by Gasteiger charge is -2.25. The van der Waals surface area contributed by atoms with Crippen molar-refractivity contribution in [1.29, 1.82) is 0 Å².